The normalized spacial score (nSPS) is 19.4. The monoisotopic (exact) mass is 1280 g/mol. The van der Waals surface area contributed by atoms with Gasteiger partial charge in [-0.25, -0.2) is 0 Å². The molecule has 0 amide bonds. The maximum absolute atomic E-state index is 4.40. The van der Waals surface area contributed by atoms with Crippen molar-refractivity contribution in [3.8, 4) is 47.4 Å². The second-order valence-electron chi connectivity index (χ2n) is 18.0. The van der Waals surface area contributed by atoms with E-state index >= 15 is 0 Å². The molecule has 5 aliphatic heterocycles. The average molecular weight is 1280 g/mol. The molecule has 6 nitrogen and oxygen atoms in total. The number of nitrogens with one attached hydrogen (secondary N) is 1. The molecule has 0 radical (unpaired) electrons. The summed E-state index contributed by atoms with van der Waals surface area (Å²) in [4.78, 5) is 4.23. The number of rotatable bonds is 0. The zero-order valence-electron chi connectivity index (χ0n) is 40.5. The molecule has 4 saturated heterocycles. The molecular weight excluding hydrogens is 1200 g/mol. The largest absolute Gasteiger partial charge is 4.00 e. The molecule has 0 aliphatic carbocycles. The van der Waals surface area contributed by atoms with E-state index in [2.05, 4.69) is 159 Å². The zero-order valence-corrected chi connectivity index (χ0v) is 49.1. The van der Waals surface area contributed by atoms with Gasteiger partial charge in [0, 0.05) is 152 Å². The van der Waals surface area contributed by atoms with Gasteiger partial charge in [-0.1, -0.05) is 98.0 Å². The van der Waals surface area contributed by atoms with Crippen molar-refractivity contribution in [1.82, 2.24) is 10.3 Å². The molecule has 62 heavy (non-hydrogen) atoms. The van der Waals surface area contributed by atoms with Crippen molar-refractivity contribution < 1.29 is 42.1 Å². The number of hydrogen-bond donors (Lipinski definition) is 1. The molecule has 6 heterocycles. The van der Waals surface area contributed by atoms with Crippen molar-refractivity contribution >= 4 is 31.7 Å². The van der Waals surface area contributed by atoms with E-state index in [0.717, 1.165) is 114 Å². The second kappa shape index (κ2) is 42.0. The van der Waals surface area contributed by atoms with E-state index in [1.807, 2.05) is 18.2 Å². The van der Waals surface area contributed by atoms with Crippen molar-refractivity contribution in [3.05, 3.63) is 74.8 Å². The van der Waals surface area contributed by atoms with Crippen LogP contribution in [-0.2, 0) is 42.1 Å². The smallest absolute Gasteiger partial charge is 0.687 e. The minimum atomic E-state index is 0. The molecule has 5 aliphatic rings. The Labute approximate surface area is 416 Å². The average Bonchev–Trinajstić information content (AvgIpc) is 3.22. The summed E-state index contributed by atoms with van der Waals surface area (Å²) in [6.45, 7) is 35.9. The van der Waals surface area contributed by atoms with Crippen LogP contribution in [0.2, 0.25) is 0 Å². The van der Waals surface area contributed by atoms with Crippen LogP contribution >= 0.6 is 31.7 Å². The predicted molar refractivity (Wildman–Crippen MR) is 285 cm³/mol. The summed E-state index contributed by atoms with van der Waals surface area (Å²) >= 11 is 0. The summed E-state index contributed by atoms with van der Waals surface area (Å²) in [5.41, 5.74) is 2.82. The summed E-state index contributed by atoms with van der Waals surface area (Å²) in [5, 5.41) is 20.8. The molecule has 1 aromatic rings. The van der Waals surface area contributed by atoms with E-state index in [9.17, 15) is 0 Å². The Balaban J connectivity index is 0. The Bertz CT molecular complexity index is 1510. The van der Waals surface area contributed by atoms with Crippen molar-refractivity contribution in [2.75, 3.05) is 139 Å². The molecule has 0 spiro atoms. The standard InChI is InChI=1S/C19H27N3.C19H17N3.4C3H9P.2Pt/c2*1(16-5-9-20-10-6-16)3-18-13-19(15-22-14-18)4-2-17-7-11-21-12-8-17;4*1-4(2)3;;/h16-19,22H,5-15H2;5-6,9,13-15,17H,7-8,10-12H2;4*1-3H3;;/q2*-2;;;;;2*+4/p+4. The Morgan fingerprint density at radius 1 is 0.516 bits per heavy atom. The van der Waals surface area contributed by atoms with E-state index in [0.29, 0.717) is 36.1 Å². The van der Waals surface area contributed by atoms with Gasteiger partial charge in [-0.05, 0) is 44.2 Å². The summed E-state index contributed by atoms with van der Waals surface area (Å²) in [7, 11) is 0.481. The van der Waals surface area contributed by atoms with Crippen LogP contribution in [-0.4, -0.2) is 144 Å². The summed E-state index contributed by atoms with van der Waals surface area (Å²) in [6, 6.07) is 2.00. The van der Waals surface area contributed by atoms with Crippen molar-refractivity contribution in [2.45, 2.75) is 44.9 Å². The first-order chi connectivity index (χ1) is 28.7. The molecule has 6 rings (SSSR count). The predicted octanol–water partition coefficient (Wildman–Crippen LogP) is 10.5. The third kappa shape index (κ3) is 39.9. The van der Waals surface area contributed by atoms with Gasteiger partial charge in [-0.3, -0.25) is 4.98 Å². The first-order valence-electron chi connectivity index (χ1n) is 22.4. The molecule has 0 aromatic carbocycles. The van der Waals surface area contributed by atoms with E-state index < -0.39 is 0 Å². The molecule has 0 bridgehead atoms. The second-order valence-corrected chi connectivity index (χ2v) is 30.0. The van der Waals surface area contributed by atoms with Crippen LogP contribution in [0.5, 0.6) is 0 Å². The van der Waals surface area contributed by atoms with Gasteiger partial charge in [0.05, 0.1) is 0 Å². The van der Waals surface area contributed by atoms with Crippen LogP contribution in [0.1, 0.15) is 56.1 Å². The van der Waals surface area contributed by atoms with Gasteiger partial charge in [0.2, 0.25) is 0 Å². The fourth-order valence-electron chi connectivity index (χ4n) is 5.73. The molecule has 4 fully saturated rings. The van der Waals surface area contributed by atoms with Gasteiger partial charge in [0.15, 0.2) is 0 Å². The number of aromatic nitrogens is 1. The molecule has 346 valence electrons. The van der Waals surface area contributed by atoms with E-state index in [1.54, 1.807) is 18.6 Å². The maximum Gasteiger partial charge on any atom is 4.00 e. The molecule has 2 unspecified atom stereocenters. The van der Waals surface area contributed by atoms with Crippen LogP contribution < -0.4 is 5.32 Å². The Kier molecular flexibility index (Phi) is 43.1. The number of pyridine rings is 1. The third-order valence-electron chi connectivity index (χ3n) is 8.43. The van der Waals surface area contributed by atoms with Gasteiger partial charge >= 0.3 is 42.1 Å². The van der Waals surface area contributed by atoms with Crippen molar-refractivity contribution in [3.63, 3.8) is 0 Å². The minimum Gasteiger partial charge on any atom is -0.687 e. The minimum absolute atomic E-state index is 0. The number of hydrogen-bond acceptors (Lipinski definition) is 2. The first-order valence-corrected chi connectivity index (χ1v) is 34.4. The molecule has 2 atom stereocenters. The number of allylic oxidation sites excluding steroid dienone is 2. The van der Waals surface area contributed by atoms with Crippen molar-refractivity contribution in [1.29, 1.82) is 0 Å². The molecular formula is C50H84N6P4Pt2+8. The van der Waals surface area contributed by atoms with Gasteiger partial charge in [0.25, 0.3) is 0 Å². The van der Waals surface area contributed by atoms with Gasteiger partial charge in [-0.15, -0.1) is 45.8 Å². The molecule has 0 saturated carbocycles. The SMILES string of the molecule is C(#CC1CNCC(C#CC2CC[N-]CC2)C1)C1CC[N-]CC1.C(#Cc1cncc(C#CC2CC[N-]CC2)c1)C1=CC[N-]C=C1.C[PH+](C)C.C[PH+](C)C.C[PH+](C)C.C[PH+](C)C.[Pt+4].[Pt+4]. The van der Waals surface area contributed by atoms with Gasteiger partial charge < -0.3 is 26.6 Å². The third-order valence-corrected chi connectivity index (χ3v) is 8.43. The first kappa shape index (κ1) is 63.7. The van der Waals surface area contributed by atoms with E-state index in [1.165, 1.54) is 0 Å². The van der Waals surface area contributed by atoms with Gasteiger partial charge in [0.1, 0.15) is 0 Å². The molecule has 1 aromatic heterocycles. The van der Waals surface area contributed by atoms with E-state index in [-0.39, 0.29) is 73.8 Å². The van der Waals surface area contributed by atoms with Crippen LogP contribution in [0.3, 0.4) is 0 Å². The topological polar surface area (TPSA) is 81.3 Å². The summed E-state index contributed by atoms with van der Waals surface area (Å²) < 4.78 is 0. The van der Waals surface area contributed by atoms with Crippen LogP contribution in [0.25, 0.3) is 21.3 Å². The van der Waals surface area contributed by atoms with Crippen molar-refractivity contribution in [2.24, 2.45) is 29.6 Å². The fourth-order valence-corrected chi connectivity index (χ4v) is 5.73. The van der Waals surface area contributed by atoms with Crippen LogP contribution in [0, 0.1) is 77.0 Å². The van der Waals surface area contributed by atoms with Crippen LogP contribution in [0.4, 0.5) is 0 Å². The Hall–Kier alpha value is -0.393. The summed E-state index contributed by atoms with van der Waals surface area (Å²) in [5.74, 6) is 29.5. The number of nitrogens with zero attached hydrogens (tertiary/aromatic N) is 5. The van der Waals surface area contributed by atoms with E-state index in [4.69, 9.17) is 0 Å². The maximum atomic E-state index is 4.40. The zero-order chi connectivity index (χ0) is 44.4. The fraction of sp³-hybridized carbons (Fsp3) is 0.660. The Morgan fingerprint density at radius 3 is 1.27 bits per heavy atom. The quantitative estimate of drug-likeness (QED) is 0.207. The molecule has 1 N–H and O–H groups in total. The van der Waals surface area contributed by atoms with Crippen LogP contribution in [0.15, 0.2) is 42.4 Å². The summed E-state index contributed by atoms with van der Waals surface area (Å²) in [6.07, 6.45) is 17.2. The van der Waals surface area contributed by atoms with Gasteiger partial charge in [-0.2, -0.15) is 6.20 Å². The number of piperidine rings is 4. The molecule has 12 heteroatoms. The Morgan fingerprint density at radius 2 is 0.887 bits per heavy atom.